The number of aromatic nitrogens is 3. The number of rotatable bonds is 5. The highest BCUT2D eigenvalue weighted by Crippen LogP contribution is 2.32. The molecule has 0 saturated heterocycles. The molecule has 0 aliphatic rings. The summed E-state index contributed by atoms with van der Waals surface area (Å²) in [7, 11) is -2.24. The third-order valence-electron chi connectivity index (χ3n) is 3.76. The molecule has 7 nitrogen and oxygen atoms in total. The number of fused-ring (bicyclic) bond motifs is 1. The molecule has 0 unspecified atom stereocenters. The lowest BCUT2D eigenvalue weighted by Gasteiger charge is -2.07. The summed E-state index contributed by atoms with van der Waals surface area (Å²) in [6.07, 6.45) is 0.557. The number of hydrogen-bond acceptors (Lipinski definition) is 6. The Labute approximate surface area is 150 Å². The lowest BCUT2D eigenvalue weighted by Crippen LogP contribution is -2.10. The van der Waals surface area contributed by atoms with Crippen LogP contribution in [0, 0.1) is 6.92 Å². The van der Waals surface area contributed by atoms with E-state index in [2.05, 4.69) is 15.4 Å². The zero-order chi connectivity index (χ0) is 18.2. The van der Waals surface area contributed by atoms with Crippen LogP contribution >= 0.6 is 11.6 Å². The van der Waals surface area contributed by atoms with Gasteiger partial charge in [-0.25, -0.2) is 17.9 Å². The molecule has 0 aliphatic heterocycles. The molecule has 2 heterocycles. The van der Waals surface area contributed by atoms with Crippen LogP contribution in [0.5, 0.6) is 0 Å². The second-order valence-electron chi connectivity index (χ2n) is 5.55. The lowest BCUT2D eigenvalue weighted by molar-refractivity contribution is 0.597. The topological polar surface area (TPSA) is 102 Å². The Morgan fingerprint density at radius 2 is 2.08 bits per heavy atom. The van der Waals surface area contributed by atoms with Gasteiger partial charge in [0.05, 0.1) is 4.90 Å². The van der Waals surface area contributed by atoms with Crippen molar-refractivity contribution in [2.75, 3.05) is 18.9 Å². The number of hydrogen-bond donors (Lipinski definition) is 2. The lowest BCUT2D eigenvalue weighted by atomic mass is 10.2. The van der Waals surface area contributed by atoms with E-state index in [0.717, 1.165) is 5.69 Å². The molecule has 0 aliphatic carbocycles. The van der Waals surface area contributed by atoms with Crippen LogP contribution in [0.3, 0.4) is 0 Å². The van der Waals surface area contributed by atoms with Gasteiger partial charge in [0, 0.05) is 29.9 Å². The fourth-order valence-electron chi connectivity index (χ4n) is 2.68. The molecule has 25 heavy (non-hydrogen) atoms. The zero-order valence-electron chi connectivity index (χ0n) is 13.8. The maximum Gasteiger partial charge on any atom is 0.214 e. The van der Waals surface area contributed by atoms with Gasteiger partial charge >= 0.3 is 0 Å². The quantitative estimate of drug-likeness (QED) is 0.703. The van der Waals surface area contributed by atoms with E-state index in [0.29, 0.717) is 23.7 Å². The molecule has 3 N–H and O–H groups in total. The van der Waals surface area contributed by atoms with Crippen molar-refractivity contribution >= 4 is 32.9 Å². The maximum absolute atomic E-state index is 13.2. The first kappa shape index (κ1) is 17.7. The van der Waals surface area contributed by atoms with E-state index in [9.17, 15) is 8.42 Å². The van der Waals surface area contributed by atoms with Crippen LogP contribution in [0.2, 0.25) is 5.02 Å². The first-order valence-electron chi connectivity index (χ1n) is 7.66. The summed E-state index contributed by atoms with van der Waals surface area (Å²) in [5.74, 6) is 0.233. The minimum absolute atomic E-state index is 0.0271. The Morgan fingerprint density at radius 1 is 1.32 bits per heavy atom. The Kier molecular flexibility index (Phi) is 4.68. The van der Waals surface area contributed by atoms with Gasteiger partial charge in [0.2, 0.25) is 9.84 Å². The van der Waals surface area contributed by atoms with Crippen molar-refractivity contribution in [2.45, 2.75) is 23.1 Å². The van der Waals surface area contributed by atoms with Crippen molar-refractivity contribution in [3.8, 4) is 0 Å². The summed E-state index contributed by atoms with van der Waals surface area (Å²) in [5.41, 5.74) is 7.43. The van der Waals surface area contributed by atoms with E-state index in [1.54, 1.807) is 19.2 Å². The average Bonchev–Trinajstić information content (AvgIpc) is 2.94. The Bertz CT molecular complexity index is 1050. The summed E-state index contributed by atoms with van der Waals surface area (Å²) in [6.45, 7) is 2.23. The molecular formula is C16H18ClN5O2S. The number of halogens is 1. The number of sulfone groups is 1. The van der Waals surface area contributed by atoms with Crippen molar-refractivity contribution in [3.05, 3.63) is 46.7 Å². The van der Waals surface area contributed by atoms with E-state index in [1.807, 2.05) is 13.0 Å². The molecule has 0 amide bonds. The molecule has 0 saturated carbocycles. The van der Waals surface area contributed by atoms with E-state index in [4.69, 9.17) is 17.3 Å². The highest BCUT2D eigenvalue weighted by Gasteiger charge is 2.29. The molecule has 0 spiro atoms. The first-order valence-corrected chi connectivity index (χ1v) is 9.52. The molecule has 132 valence electrons. The standard InChI is InChI=1S/C16H18ClN5O2S/c1-10-8-12(6-7-18)22-16(20-10)14(15(19-2)21-22)25(23,24)13-5-3-4-11(17)9-13/h3-5,8-9H,6-7,18H2,1-2H3,(H,19,21). The van der Waals surface area contributed by atoms with Gasteiger partial charge in [0.25, 0.3) is 0 Å². The highest BCUT2D eigenvalue weighted by molar-refractivity contribution is 7.91. The molecule has 2 aromatic heterocycles. The molecule has 9 heteroatoms. The number of nitrogens with zero attached hydrogens (tertiary/aromatic N) is 3. The molecule has 1 aromatic carbocycles. The average molecular weight is 380 g/mol. The van der Waals surface area contributed by atoms with Crippen molar-refractivity contribution in [2.24, 2.45) is 5.73 Å². The summed E-state index contributed by atoms with van der Waals surface area (Å²) in [6, 6.07) is 7.98. The van der Waals surface area contributed by atoms with E-state index >= 15 is 0 Å². The number of nitrogens with two attached hydrogens (primary N) is 1. The van der Waals surface area contributed by atoms with Crippen LogP contribution in [0.25, 0.3) is 5.65 Å². The van der Waals surface area contributed by atoms with Crippen molar-refractivity contribution in [3.63, 3.8) is 0 Å². The normalized spacial score (nSPS) is 11.8. The van der Waals surface area contributed by atoms with Gasteiger partial charge in [-0.1, -0.05) is 17.7 Å². The molecular weight excluding hydrogens is 362 g/mol. The third-order valence-corrected chi connectivity index (χ3v) is 5.78. The van der Waals surface area contributed by atoms with Gasteiger partial charge in [0.1, 0.15) is 0 Å². The molecule has 0 bridgehead atoms. The molecule has 3 rings (SSSR count). The predicted molar refractivity (Wildman–Crippen MR) is 96.9 cm³/mol. The molecule has 3 aromatic rings. The van der Waals surface area contributed by atoms with E-state index < -0.39 is 9.84 Å². The first-order chi connectivity index (χ1) is 11.9. The summed E-state index contributed by atoms with van der Waals surface area (Å²) >= 11 is 5.97. The Hall–Kier alpha value is -2.16. The number of aryl methyl sites for hydroxylation is 1. The number of benzene rings is 1. The largest absolute Gasteiger partial charge is 0.370 e. The third kappa shape index (κ3) is 3.08. The van der Waals surface area contributed by atoms with Crippen LogP contribution in [0.4, 0.5) is 5.82 Å². The number of nitrogens with one attached hydrogen (secondary N) is 1. The second-order valence-corrected chi connectivity index (χ2v) is 7.87. The van der Waals surface area contributed by atoms with Crippen LogP contribution in [-0.2, 0) is 16.3 Å². The van der Waals surface area contributed by atoms with Gasteiger partial charge in [0.15, 0.2) is 16.4 Å². The van der Waals surface area contributed by atoms with Gasteiger partial charge < -0.3 is 11.1 Å². The monoisotopic (exact) mass is 379 g/mol. The molecule has 0 atom stereocenters. The van der Waals surface area contributed by atoms with Gasteiger partial charge in [-0.2, -0.15) is 0 Å². The van der Waals surface area contributed by atoms with Crippen molar-refractivity contribution in [1.29, 1.82) is 0 Å². The van der Waals surface area contributed by atoms with Crippen LogP contribution < -0.4 is 11.1 Å². The summed E-state index contributed by atoms with van der Waals surface area (Å²) in [5, 5.41) is 7.57. The fraction of sp³-hybridized carbons (Fsp3) is 0.250. The van der Waals surface area contributed by atoms with Crippen LogP contribution in [0.15, 0.2) is 40.1 Å². The van der Waals surface area contributed by atoms with Crippen LogP contribution in [-0.4, -0.2) is 36.6 Å². The summed E-state index contributed by atoms with van der Waals surface area (Å²) in [4.78, 5) is 4.53. The van der Waals surface area contributed by atoms with Crippen molar-refractivity contribution < 1.29 is 8.42 Å². The molecule has 0 fully saturated rings. The fourth-order valence-corrected chi connectivity index (χ4v) is 4.48. The zero-order valence-corrected chi connectivity index (χ0v) is 15.4. The van der Waals surface area contributed by atoms with Gasteiger partial charge in [-0.05, 0) is 37.7 Å². The number of anilines is 1. The van der Waals surface area contributed by atoms with E-state index in [1.165, 1.54) is 16.6 Å². The molecule has 0 radical (unpaired) electrons. The maximum atomic E-state index is 13.2. The van der Waals surface area contributed by atoms with E-state index in [-0.39, 0.29) is 21.3 Å². The van der Waals surface area contributed by atoms with Gasteiger partial charge in [-0.3, -0.25) is 0 Å². The Morgan fingerprint density at radius 3 is 2.72 bits per heavy atom. The SMILES string of the molecule is CNc1nn2c(CCN)cc(C)nc2c1S(=O)(=O)c1cccc(Cl)c1. The van der Waals surface area contributed by atoms with Gasteiger partial charge in [-0.15, -0.1) is 5.10 Å². The second kappa shape index (κ2) is 6.62. The minimum atomic E-state index is -3.86. The van der Waals surface area contributed by atoms with Crippen molar-refractivity contribution in [1.82, 2.24) is 14.6 Å². The Balaban J connectivity index is 2.35. The summed E-state index contributed by atoms with van der Waals surface area (Å²) < 4.78 is 27.9. The predicted octanol–water partition coefficient (Wildman–Crippen LogP) is 2.07. The minimum Gasteiger partial charge on any atom is -0.370 e. The highest BCUT2D eigenvalue weighted by atomic mass is 35.5. The smallest absolute Gasteiger partial charge is 0.214 e. The van der Waals surface area contributed by atoms with Crippen LogP contribution in [0.1, 0.15) is 11.4 Å².